The summed E-state index contributed by atoms with van der Waals surface area (Å²) < 4.78 is 0. The maximum atomic E-state index is 11.8. The van der Waals surface area contributed by atoms with Crippen LogP contribution in [-0.2, 0) is 63.4 Å². The van der Waals surface area contributed by atoms with Crippen molar-refractivity contribution >= 4 is 23.1 Å². The van der Waals surface area contributed by atoms with E-state index in [9.17, 15) is 15.0 Å². The minimum atomic E-state index is -0.896. The average Bonchev–Trinajstić information content (AvgIpc) is 2.26. The van der Waals surface area contributed by atoms with Crippen LogP contribution in [-0.4, -0.2) is 17.4 Å². The smallest absolute Gasteiger partial charge is 0.838 e. The van der Waals surface area contributed by atoms with Crippen LogP contribution in [0.25, 0.3) is 5.41 Å². The molecule has 1 aromatic carbocycles. The molecule has 105 valence electrons. The van der Waals surface area contributed by atoms with Crippen LogP contribution in [0.2, 0.25) is 0 Å². The maximum absolute atomic E-state index is 11.8. The number of nitrogens with zero attached hydrogens (tertiary/aromatic N) is 1. The standard InChI is InChI=1S/C13H14N2O2.CH3.W.Y/c1-9(16)8-12(10(2)14)13(17)15-11-6-4-3-5-7-11;;;/h3-7,12H,2,8H2,1H3,(H,15,17);1H3;;/q-2;-1;+2;. The van der Waals surface area contributed by atoms with Gasteiger partial charge in [-0.3, -0.25) is 9.59 Å². The summed E-state index contributed by atoms with van der Waals surface area (Å²) in [7, 11) is 0. The van der Waals surface area contributed by atoms with Crippen LogP contribution in [0.3, 0.4) is 0 Å². The van der Waals surface area contributed by atoms with Gasteiger partial charge in [-0.2, -0.15) is 0 Å². The largest absolute Gasteiger partial charge is 2.00 e. The molecule has 4 nitrogen and oxygen atoms in total. The molecule has 6 heteroatoms. The van der Waals surface area contributed by atoms with Crippen molar-refractivity contribution in [3.63, 3.8) is 0 Å². The summed E-state index contributed by atoms with van der Waals surface area (Å²) >= 11 is 0. The fourth-order valence-corrected chi connectivity index (χ4v) is 1.40. The monoisotopic (exact) mass is 518 g/mol. The van der Waals surface area contributed by atoms with Gasteiger partial charge in [-0.1, -0.05) is 18.2 Å². The molecule has 1 radical (unpaired) electrons. The van der Waals surface area contributed by atoms with Crippen molar-refractivity contribution in [3.05, 3.63) is 50.1 Å². The molecule has 0 aliphatic heterocycles. The van der Waals surface area contributed by atoms with Gasteiger partial charge < -0.3 is 30.8 Å². The molecule has 1 aromatic rings. The quantitative estimate of drug-likeness (QED) is 0.482. The molecule has 0 fully saturated rings. The van der Waals surface area contributed by atoms with Crippen molar-refractivity contribution in [1.29, 1.82) is 0 Å². The molecule has 20 heavy (non-hydrogen) atoms. The third kappa shape index (κ3) is 8.78. The fraction of sp³-hybridized carbons (Fsp3) is 0.214. The number of hydrogen-bond donors (Lipinski definition) is 1. The van der Waals surface area contributed by atoms with Gasteiger partial charge in [-0.25, -0.2) is 0 Å². The van der Waals surface area contributed by atoms with Crippen molar-refractivity contribution in [2.45, 2.75) is 13.3 Å². The van der Waals surface area contributed by atoms with Gasteiger partial charge in [0.1, 0.15) is 5.78 Å². The Morgan fingerprint density at radius 2 is 1.80 bits per heavy atom. The normalized spacial score (nSPS) is 9.85. The topological polar surface area (TPSA) is 68.5 Å². The molecule has 0 bridgehead atoms. The zero-order valence-electron chi connectivity index (χ0n) is 11.6. The Hall–Kier alpha value is -0.308. The first-order valence-electron chi connectivity index (χ1n) is 5.24. The zero-order chi connectivity index (χ0) is 12.8. The summed E-state index contributed by atoms with van der Waals surface area (Å²) in [6, 6.07) is 8.84. The van der Waals surface area contributed by atoms with Crippen LogP contribution in [0.5, 0.6) is 0 Å². The number of carbonyl (C=O) groups excluding carboxylic acids is 2. The van der Waals surface area contributed by atoms with E-state index in [0.29, 0.717) is 5.69 Å². The molecule has 0 aliphatic carbocycles. The second kappa shape index (κ2) is 12.4. The van der Waals surface area contributed by atoms with Crippen molar-refractivity contribution < 1.29 is 63.4 Å². The van der Waals surface area contributed by atoms with E-state index in [1.54, 1.807) is 24.3 Å². The van der Waals surface area contributed by atoms with Crippen molar-refractivity contribution in [2.24, 2.45) is 5.92 Å². The van der Waals surface area contributed by atoms with E-state index in [2.05, 4.69) is 12.2 Å². The number of amides is 1. The summed E-state index contributed by atoms with van der Waals surface area (Å²) in [4.78, 5) is 22.8. The van der Waals surface area contributed by atoms with E-state index in [0.717, 1.165) is 0 Å². The van der Waals surface area contributed by atoms with Crippen LogP contribution >= 0.6 is 0 Å². The summed E-state index contributed by atoms with van der Waals surface area (Å²) in [5.74, 6) is -1.50. The maximum Gasteiger partial charge on any atom is 2.00 e. The first-order chi connectivity index (χ1) is 8.00. The Balaban J connectivity index is -0.000000963. The minimum absolute atomic E-state index is 0. The van der Waals surface area contributed by atoms with E-state index >= 15 is 0 Å². The molecule has 0 heterocycles. The summed E-state index contributed by atoms with van der Waals surface area (Å²) in [5.41, 5.74) is 0.320. The third-order valence-electron chi connectivity index (χ3n) is 2.25. The molecule has 0 spiro atoms. The molecule has 0 aromatic heterocycles. The van der Waals surface area contributed by atoms with E-state index in [1.165, 1.54) is 6.92 Å². The van der Waals surface area contributed by atoms with Gasteiger partial charge in [0.25, 0.3) is 0 Å². The molecule has 1 unspecified atom stereocenters. The van der Waals surface area contributed by atoms with Crippen molar-refractivity contribution in [2.75, 3.05) is 5.32 Å². The summed E-state index contributed by atoms with van der Waals surface area (Å²) in [6.07, 6.45) is -0.0476. The van der Waals surface area contributed by atoms with E-state index in [1.807, 2.05) is 6.07 Å². The Morgan fingerprint density at radius 3 is 2.20 bits per heavy atom. The number of Topliss-reactive ketones (excluding diaryl/α,β-unsaturated/α-hetero) is 1. The predicted molar refractivity (Wildman–Crippen MR) is 74.0 cm³/mol. The molecule has 0 saturated carbocycles. The van der Waals surface area contributed by atoms with Crippen molar-refractivity contribution in [3.8, 4) is 0 Å². The number of benzene rings is 1. The van der Waals surface area contributed by atoms with Crippen LogP contribution in [0.4, 0.5) is 5.69 Å². The van der Waals surface area contributed by atoms with Gasteiger partial charge in [0.15, 0.2) is 0 Å². The Kier molecular flexibility index (Phi) is 15.4. The number of anilines is 1. The van der Waals surface area contributed by atoms with Crippen LogP contribution < -0.4 is 5.32 Å². The van der Waals surface area contributed by atoms with Gasteiger partial charge in [0.05, 0.1) is 0 Å². The Morgan fingerprint density at radius 1 is 1.30 bits per heavy atom. The van der Waals surface area contributed by atoms with Gasteiger partial charge in [0.2, 0.25) is 5.91 Å². The van der Waals surface area contributed by atoms with E-state index in [4.69, 9.17) is 0 Å². The number of ketones is 1. The molecule has 0 aliphatic rings. The zero-order valence-corrected chi connectivity index (χ0v) is 17.4. The molecule has 1 N–H and O–H groups in total. The van der Waals surface area contributed by atoms with Crippen LogP contribution in [0.15, 0.2) is 30.3 Å². The molecule has 1 atom stereocenters. The Bertz CT molecular complexity index is 438. The summed E-state index contributed by atoms with van der Waals surface area (Å²) in [6.45, 7) is 4.68. The molecule has 1 rings (SSSR count). The van der Waals surface area contributed by atoms with Crippen molar-refractivity contribution in [1.82, 2.24) is 0 Å². The minimum Gasteiger partial charge on any atom is -0.838 e. The molecule has 0 saturated heterocycles. The van der Waals surface area contributed by atoms with Gasteiger partial charge in [-0.15, -0.1) is 0 Å². The van der Waals surface area contributed by atoms with E-state index < -0.39 is 11.8 Å². The SMILES string of the molecule is [CH2-]C(=[N-])C(CC(C)=O)C(=O)Nc1ccccc1.[CH3-].[W+2].[Y]. The van der Waals surface area contributed by atoms with E-state index in [-0.39, 0.29) is 79.1 Å². The fourth-order valence-electron chi connectivity index (χ4n) is 1.40. The Labute approximate surface area is 160 Å². The van der Waals surface area contributed by atoms with Gasteiger partial charge >= 0.3 is 21.1 Å². The number of nitrogens with one attached hydrogen (secondary N) is 1. The summed E-state index contributed by atoms with van der Waals surface area (Å²) in [5, 5.41) is 11.9. The van der Waals surface area contributed by atoms with Gasteiger partial charge in [0, 0.05) is 50.7 Å². The predicted octanol–water partition coefficient (Wildman–Crippen LogP) is 2.51. The average molecular weight is 518 g/mol. The first kappa shape index (κ1) is 24.7. The van der Waals surface area contributed by atoms with Crippen LogP contribution in [0, 0.1) is 20.3 Å². The molecular formula is C14H17N2O2WY-. The number of para-hydroxylation sites is 1. The van der Waals surface area contributed by atoms with Crippen LogP contribution in [0.1, 0.15) is 13.3 Å². The first-order valence-corrected chi connectivity index (χ1v) is 5.24. The van der Waals surface area contributed by atoms with Gasteiger partial charge in [-0.05, 0) is 19.1 Å². The second-order valence-corrected chi connectivity index (χ2v) is 3.81. The third-order valence-corrected chi connectivity index (χ3v) is 2.25. The molecular weight excluding hydrogens is 501 g/mol. The second-order valence-electron chi connectivity index (χ2n) is 3.81. The number of hydrogen-bond acceptors (Lipinski definition) is 2. The molecule has 1 amide bonds. The number of carbonyl (C=O) groups is 2. The number of rotatable bonds is 5.